The van der Waals surface area contributed by atoms with Crippen molar-refractivity contribution in [1.82, 2.24) is 19.9 Å². The topological polar surface area (TPSA) is 86.8 Å². The maximum absolute atomic E-state index is 5.83. The summed E-state index contributed by atoms with van der Waals surface area (Å²) in [6.07, 6.45) is 1.66. The van der Waals surface area contributed by atoms with E-state index < -0.39 is 0 Å². The zero-order valence-corrected chi connectivity index (χ0v) is 11.6. The second-order valence-corrected chi connectivity index (χ2v) is 4.41. The Kier molecular flexibility index (Phi) is 3.83. The summed E-state index contributed by atoms with van der Waals surface area (Å²) in [6, 6.07) is 1.74. The molecule has 18 heavy (non-hydrogen) atoms. The number of methoxy groups -OCH3 is 1. The van der Waals surface area contributed by atoms with E-state index in [1.165, 1.54) is 0 Å². The molecule has 0 amide bonds. The SMILES string of the molecule is COCc1nc(-c2ccnc(C)n2)nc(N)c1Br. The highest BCUT2D eigenvalue weighted by molar-refractivity contribution is 9.10. The highest BCUT2D eigenvalue weighted by Crippen LogP contribution is 2.24. The minimum atomic E-state index is 0.352. The minimum Gasteiger partial charge on any atom is -0.383 e. The normalized spacial score (nSPS) is 10.6. The van der Waals surface area contributed by atoms with E-state index in [9.17, 15) is 0 Å². The molecule has 2 rings (SSSR count). The highest BCUT2D eigenvalue weighted by atomic mass is 79.9. The molecule has 0 spiro atoms. The zero-order valence-electron chi connectivity index (χ0n) is 10.0. The summed E-state index contributed by atoms with van der Waals surface area (Å²) >= 11 is 3.34. The summed E-state index contributed by atoms with van der Waals surface area (Å²) in [5.41, 5.74) is 7.16. The average molecular weight is 310 g/mol. The van der Waals surface area contributed by atoms with Crippen molar-refractivity contribution in [3.8, 4) is 11.5 Å². The van der Waals surface area contributed by atoms with Crippen molar-refractivity contribution in [1.29, 1.82) is 0 Å². The first-order chi connectivity index (χ1) is 8.61. The van der Waals surface area contributed by atoms with Crippen LogP contribution in [0, 0.1) is 6.92 Å². The van der Waals surface area contributed by atoms with Crippen LogP contribution in [-0.2, 0) is 11.3 Å². The van der Waals surface area contributed by atoms with Crippen LogP contribution in [-0.4, -0.2) is 27.0 Å². The molecule has 0 unspecified atom stereocenters. The van der Waals surface area contributed by atoms with Crippen molar-refractivity contribution in [2.45, 2.75) is 13.5 Å². The Balaban J connectivity index is 2.51. The van der Waals surface area contributed by atoms with Crippen molar-refractivity contribution in [2.75, 3.05) is 12.8 Å². The van der Waals surface area contributed by atoms with Crippen LogP contribution in [0.5, 0.6) is 0 Å². The molecule has 0 radical (unpaired) electrons. The van der Waals surface area contributed by atoms with Gasteiger partial charge in [0.15, 0.2) is 5.82 Å². The molecule has 2 N–H and O–H groups in total. The van der Waals surface area contributed by atoms with Crippen LogP contribution in [0.2, 0.25) is 0 Å². The molecular weight excluding hydrogens is 298 g/mol. The van der Waals surface area contributed by atoms with Crippen LogP contribution in [0.15, 0.2) is 16.7 Å². The number of ether oxygens (including phenoxy) is 1. The fourth-order valence-corrected chi connectivity index (χ4v) is 1.73. The maximum Gasteiger partial charge on any atom is 0.180 e. The van der Waals surface area contributed by atoms with Gasteiger partial charge in [-0.3, -0.25) is 0 Å². The largest absolute Gasteiger partial charge is 0.383 e. The number of rotatable bonds is 3. The van der Waals surface area contributed by atoms with E-state index in [1.807, 2.05) is 6.92 Å². The lowest BCUT2D eigenvalue weighted by atomic mass is 10.3. The van der Waals surface area contributed by atoms with E-state index >= 15 is 0 Å². The van der Waals surface area contributed by atoms with Gasteiger partial charge in [-0.25, -0.2) is 19.9 Å². The van der Waals surface area contributed by atoms with Crippen molar-refractivity contribution in [3.05, 3.63) is 28.3 Å². The summed E-state index contributed by atoms with van der Waals surface area (Å²) in [5, 5.41) is 0. The second-order valence-electron chi connectivity index (χ2n) is 3.62. The first kappa shape index (κ1) is 12.8. The van der Waals surface area contributed by atoms with Crippen LogP contribution in [0.4, 0.5) is 5.82 Å². The van der Waals surface area contributed by atoms with Gasteiger partial charge >= 0.3 is 0 Å². The molecule has 0 aromatic carbocycles. The predicted molar refractivity (Wildman–Crippen MR) is 70.6 cm³/mol. The van der Waals surface area contributed by atoms with E-state index in [0.717, 1.165) is 0 Å². The number of nitrogens with two attached hydrogens (primary N) is 1. The smallest absolute Gasteiger partial charge is 0.180 e. The van der Waals surface area contributed by atoms with Crippen molar-refractivity contribution < 1.29 is 4.74 Å². The lowest BCUT2D eigenvalue weighted by Crippen LogP contribution is -2.05. The number of anilines is 1. The van der Waals surface area contributed by atoms with Crippen LogP contribution < -0.4 is 5.73 Å². The van der Waals surface area contributed by atoms with E-state index in [1.54, 1.807) is 19.4 Å². The minimum absolute atomic E-state index is 0.352. The molecule has 2 heterocycles. The maximum atomic E-state index is 5.83. The number of nitrogens with zero attached hydrogens (tertiary/aromatic N) is 4. The number of hydrogen-bond acceptors (Lipinski definition) is 6. The monoisotopic (exact) mass is 309 g/mol. The fourth-order valence-electron chi connectivity index (χ4n) is 1.44. The molecule has 0 aliphatic rings. The molecule has 0 bridgehead atoms. The first-order valence-electron chi connectivity index (χ1n) is 5.22. The third kappa shape index (κ3) is 2.62. The van der Waals surface area contributed by atoms with Crippen LogP contribution in [0.1, 0.15) is 11.5 Å². The standard InChI is InChI=1S/C11H12BrN5O/c1-6-14-4-3-7(15-6)11-16-8(5-18-2)9(12)10(13)17-11/h3-4H,5H2,1-2H3,(H2,13,16,17). The number of aromatic nitrogens is 4. The molecule has 2 aromatic rings. The number of hydrogen-bond donors (Lipinski definition) is 1. The molecule has 0 fully saturated rings. The summed E-state index contributed by atoms with van der Waals surface area (Å²) in [6.45, 7) is 2.16. The summed E-state index contributed by atoms with van der Waals surface area (Å²) in [4.78, 5) is 16.9. The van der Waals surface area contributed by atoms with Gasteiger partial charge in [0.25, 0.3) is 0 Å². The van der Waals surface area contributed by atoms with Gasteiger partial charge in [-0.1, -0.05) is 0 Å². The molecule has 0 atom stereocenters. The summed E-state index contributed by atoms with van der Waals surface area (Å²) in [7, 11) is 1.60. The lowest BCUT2D eigenvalue weighted by molar-refractivity contribution is 0.181. The van der Waals surface area contributed by atoms with Gasteiger partial charge < -0.3 is 10.5 Å². The van der Waals surface area contributed by atoms with E-state index in [4.69, 9.17) is 10.5 Å². The zero-order chi connectivity index (χ0) is 13.1. The van der Waals surface area contributed by atoms with Gasteiger partial charge in [0.2, 0.25) is 0 Å². The molecule has 0 aliphatic heterocycles. The van der Waals surface area contributed by atoms with Gasteiger partial charge in [0.05, 0.1) is 16.8 Å². The third-order valence-electron chi connectivity index (χ3n) is 2.23. The Hall–Kier alpha value is -1.60. The Morgan fingerprint density at radius 1 is 1.33 bits per heavy atom. The Labute approximate surface area is 113 Å². The Morgan fingerprint density at radius 3 is 2.78 bits per heavy atom. The fraction of sp³-hybridized carbons (Fsp3) is 0.273. The van der Waals surface area contributed by atoms with Crippen molar-refractivity contribution >= 4 is 21.7 Å². The number of aryl methyl sites for hydroxylation is 1. The Bertz CT molecular complexity index is 575. The predicted octanol–water partition coefficient (Wildman–Crippen LogP) is 1.73. The molecule has 0 saturated heterocycles. The molecule has 0 aliphatic carbocycles. The van der Waals surface area contributed by atoms with E-state index in [0.29, 0.717) is 39.9 Å². The molecule has 7 heteroatoms. The van der Waals surface area contributed by atoms with Crippen LogP contribution in [0.3, 0.4) is 0 Å². The molecule has 6 nitrogen and oxygen atoms in total. The van der Waals surface area contributed by atoms with Crippen molar-refractivity contribution in [3.63, 3.8) is 0 Å². The Morgan fingerprint density at radius 2 is 2.11 bits per heavy atom. The van der Waals surface area contributed by atoms with Gasteiger partial charge in [0, 0.05) is 13.3 Å². The number of nitrogen functional groups attached to an aromatic ring is 1. The van der Waals surface area contributed by atoms with E-state index in [-0.39, 0.29) is 0 Å². The van der Waals surface area contributed by atoms with Crippen LogP contribution >= 0.6 is 15.9 Å². The second kappa shape index (κ2) is 5.36. The van der Waals surface area contributed by atoms with Gasteiger partial charge in [0.1, 0.15) is 17.3 Å². The third-order valence-corrected chi connectivity index (χ3v) is 3.10. The molecule has 94 valence electrons. The van der Waals surface area contributed by atoms with Gasteiger partial charge in [-0.05, 0) is 28.9 Å². The molecule has 0 saturated carbocycles. The lowest BCUT2D eigenvalue weighted by Gasteiger charge is -2.08. The number of halogens is 1. The van der Waals surface area contributed by atoms with E-state index in [2.05, 4.69) is 35.9 Å². The van der Waals surface area contributed by atoms with Crippen molar-refractivity contribution in [2.24, 2.45) is 0 Å². The highest BCUT2D eigenvalue weighted by Gasteiger charge is 2.12. The molecule has 2 aromatic heterocycles. The van der Waals surface area contributed by atoms with Gasteiger partial charge in [-0.2, -0.15) is 0 Å². The quantitative estimate of drug-likeness (QED) is 0.929. The molecular formula is C11H12BrN5O. The first-order valence-corrected chi connectivity index (χ1v) is 6.02. The summed E-state index contributed by atoms with van der Waals surface area (Å²) < 4.78 is 5.72. The van der Waals surface area contributed by atoms with Gasteiger partial charge in [-0.15, -0.1) is 0 Å². The summed E-state index contributed by atoms with van der Waals surface area (Å²) in [5.74, 6) is 1.49. The average Bonchev–Trinajstić information content (AvgIpc) is 2.35. The van der Waals surface area contributed by atoms with Crippen LogP contribution in [0.25, 0.3) is 11.5 Å².